The quantitative estimate of drug-likeness (QED) is 0.787. The Balaban J connectivity index is 1.95. The maximum Gasteiger partial charge on any atom is 0.122 e. The molecule has 2 atom stereocenters. The van der Waals surface area contributed by atoms with Crippen LogP contribution in [-0.2, 0) is 0 Å². The maximum atomic E-state index is 9.53. The van der Waals surface area contributed by atoms with Crippen LogP contribution in [0.3, 0.4) is 0 Å². The van der Waals surface area contributed by atoms with Crippen molar-refractivity contribution in [3.8, 4) is 6.07 Å². The molecule has 0 radical (unpaired) electrons. The lowest BCUT2D eigenvalue weighted by molar-refractivity contribution is 0.0715. The van der Waals surface area contributed by atoms with Gasteiger partial charge in [0.05, 0.1) is 6.07 Å². The Morgan fingerprint density at radius 2 is 2.11 bits per heavy atom. The van der Waals surface area contributed by atoms with E-state index in [1.54, 1.807) is 0 Å². The Morgan fingerprint density at radius 1 is 1.39 bits per heavy atom. The summed E-state index contributed by atoms with van der Waals surface area (Å²) in [5, 5.41) is 12.8. The van der Waals surface area contributed by atoms with Gasteiger partial charge in [-0.3, -0.25) is 9.80 Å². The fraction of sp³-hybridized carbons (Fsp3) is 0.929. The van der Waals surface area contributed by atoms with E-state index in [9.17, 15) is 5.26 Å². The molecule has 1 saturated heterocycles. The fourth-order valence-corrected chi connectivity index (χ4v) is 3.21. The van der Waals surface area contributed by atoms with Gasteiger partial charge in [0.25, 0.3) is 0 Å². The van der Waals surface area contributed by atoms with Crippen LogP contribution in [0.4, 0.5) is 0 Å². The summed E-state index contributed by atoms with van der Waals surface area (Å²) >= 11 is 0. The van der Waals surface area contributed by atoms with Crippen molar-refractivity contribution in [1.29, 1.82) is 5.26 Å². The van der Waals surface area contributed by atoms with Gasteiger partial charge in [-0.15, -0.1) is 0 Å². The van der Waals surface area contributed by atoms with Crippen molar-refractivity contribution in [3.05, 3.63) is 0 Å². The van der Waals surface area contributed by atoms with Crippen molar-refractivity contribution >= 4 is 0 Å². The van der Waals surface area contributed by atoms with Gasteiger partial charge in [0.15, 0.2) is 0 Å². The van der Waals surface area contributed by atoms with Crippen LogP contribution in [0.1, 0.15) is 26.7 Å². The number of nitriles is 1. The summed E-state index contributed by atoms with van der Waals surface area (Å²) in [5.41, 5.74) is -0.311. The summed E-state index contributed by atoms with van der Waals surface area (Å²) in [6, 6.07) is 3.16. The molecule has 2 rings (SSSR count). The zero-order chi connectivity index (χ0) is 13.2. The number of hydrogen-bond donors (Lipinski definition) is 1. The summed E-state index contributed by atoms with van der Waals surface area (Å²) in [6.45, 7) is 9.85. The monoisotopic (exact) mass is 250 g/mol. The Bertz CT molecular complexity index is 320. The molecular formula is C14H26N4. The highest BCUT2D eigenvalue weighted by atomic mass is 15.3. The smallest absolute Gasteiger partial charge is 0.122 e. The van der Waals surface area contributed by atoms with Crippen molar-refractivity contribution in [2.75, 3.05) is 39.8 Å². The van der Waals surface area contributed by atoms with Crippen molar-refractivity contribution in [3.63, 3.8) is 0 Å². The lowest BCUT2D eigenvalue weighted by Gasteiger charge is -2.42. The number of rotatable bonds is 5. The van der Waals surface area contributed by atoms with Gasteiger partial charge in [0.1, 0.15) is 5.54 Å². The van der Waals surface area contributed by atoms with Gasteiger partial charge in [-0.25, -0.2) is 0 Å². The molecule has 0 aromatic rings. The summed E-state index contributed by atoms with van der Waals surface area (Å²) in [4.78, 5) is 4.98. The summed E-state index contributed by atoms with van der Waals surface area (Å²) < 4.78 is 0. The molecule has 1 aliphatic heterocycles. The third kappa shape index (κ3) is 2.69. The minimum absolute atomic E-state index is 0.311. The number of likely N-dealkylation sites (N-methyl/N-ethyl adjacent to an activating group) is 2. The third-order valence-corrected chi connectivity index (χ3v) is 4.65. The van der Waals surface area contributed by atoms with Crippen LogP contribution in [0.5, 0.6) is 0 Å². The molecule has 18 heavy (non-hydrogen) atoms. The van der Waals surface area contributed by atoms with E-state index in [2.05, 4.69) is 35.0 Å². The van der Waals surface area contributed by atoms with Crippen molar-refractivity contribution in [2.45, 2.75) is 38.3 Å². The minimum atomic E-state index is -0.311. The lowest BCUT2D eigenvalue weighted by atomic mass is 9.93. The maximum absolute atomic E-state index is 9.53. The first-order valence-electron chi connectivity index (χ1n) is 7.21. The molecule has 4 heteroatoms. The normalized spacial score (nSPS) is 29.8. The molecule has 0 aromatic carbocycles. The van der Waals surface area contributed by atoms with E-state index in [1.807, 2.05) is 7.05 Å². The SMILES string of the molecule is CCN1CCN(CC(C#N)(NC)C2CC2)CC1C. The number of nitrogens with one attached hydrogen (secondary N) is 1. The summed E-state index contributed by atoms with van der Waals surface area (Å²) in [7, 11) is 1.94. The fourth-order valence-electron chi connectivity index (χ4n) is 3.21. The summed E-state index contributed by atoms with van der Waals surface area (Å²) in [5.74, 6) is 0.562. The first-order chi connectivity index (χ1) is 8.65. The van der Waals surface area contributed by atoms with Gasteiger partial charge in [0.2, 0.25) is 0 Å². The van der Waals surface area contributed by atoms with Crippen LogP contribution >= 0.6 is 0 Å². The Hall–Kier alpha value is -0.630. The van der Waals surface area contributed by atoms with Crippen molar-refractivity contribution in [2.24, 2.45) is 5.92 Å². The highest BCUT2D eigenvalue weighted by molar-refractivity contribution is 5.16. The predicted molar refractivity (Wildman–Crippen MR) is 73.3 cm³/mol. The van der Waals surface area contributed by atoms with Crippen molar-refractivity contribution in [1.82, 2.24) is 15.1 Å². The molecule has 4 nitrogen and oxygen atoms in total. The summed E-state index contributed by atoms with van der Waals surface area (Å²) in [6.07, 6.45) is 2.41. The second kappa shape index (κ2) is 5.56. The van der Waals surface area contributed by atoms with E-state index in [-0.39, 0.29) is 5.54 Å². The van der Waals surface area contributed by atoms with E-state index in [4.69, 9.17) is 0 Å². The van der Waals surface area contributed by atoms with Crippen LogP contribution in [0.15, 0.2) is 0 Å². The minimum Gasteiger partial charge on any atom is -0.301 e. The molecule has 1 N–H and O–H groups in total. The first kappa shape index (κ1) is 13.8. The number of piperazine rings is 1. The molecular weight excluding hydrogens is 224 g/mol. The Labute approximate surface area is 111 Å². The van der Waals surface area contributed by atoms with E-state index in [1.165, 1.54) is 12.8 Å². The highest BCUT2D eigenvalue weighted by Gasteiger charge is 2.46. The molecule has 2 fully saturated rings. The highest BCUT2D eigenvalue weighted by Crippen LogP contribution is 2.39. The predicted octanol–water partition coefficient (Wildman–Crippen LogP) is 0.904. The first-order valence-corrected chi connectivity index (χ1v) is 7.21. The van der Waals surface area contributed by atoms with Crippen LogP contribution in [0.25, 0.3) is 0 Å². The van der Waals surface area contributed by atoms with Gasteiger partial charge in [-0.2, -0.15) is 5.26 Å². The second-order valence-electron chi connectivity index (χ2n) is 5.82. The molecule has 0 spiro atoms. The van der Waals surface area contributed by atoms with Gasteiger partial charge in [-0.1, -0.05) is 6.92 Å². The molecule has 2 unspecified atom stereocenters. The van der Waals surface area contributed by atoms with E-state index < -0.39 is 0 Å². The van der Waals surface area contributed by atoms with Crippen LogP contribution in [-0.4, -0.2) is 61.2 Å². The topological polar surface area (TPSA) is 42.3 Å². The van der Waals surface area contributed by atoms with Crippen molar-refractivity contribution < 1.29 is 0 Å². The number of hydrogen-bond acceptors (Lipinski definition) is 4. The number of nitrogens with zero attached hydrogens (tertiary/aromatic N) is 3. The van der Waals surface area contributed by atoms with Gasteiger partial charge < -0.3 is 5.32 Å². The lowest BCUT2D eigenvalue weighted by Crippen LogP contribution is -2.59. The standard InChI is InChI=1S/C14H26N4/c1-4-18-8-7-17(9-12(18)2)11-14(10-15,16-3)13-5-6-13/h12-13,16H,4-9,11H2,1-3H3. The molecule has 1 heterocycles. The van der Waals surface area contributed by atoms with Crippen LogP contribution in [0, 0.1) is 17.2 Å². The van der Waals surface area contributed by atoms with E-state index >= 15 is 0 Å². The zero-order valence-corrected chi connectivity index (χ0v) is 11.9. The Morgan fingerprint density at radius 3 is 2.56 bits per heavy atom. The third-order valence-electron chi connectivity index (χ3n) is 4.65. The second-order valence-corrected chi connectivity index (χ2v) is 5.82. The largest absolute Gasteiger partial charge is 0.301 e. The molecule has 1 aliphatic carbocycles. The molecule has 0 aromatic heterocycles. The molecule has 0 amide bonds. The Kier molecular flexibility index (Phi) is 4.26. The molecule has 1 saturated carbocycles. The van der Waals surface area contributed by atoms with E-state index in [0.717, 1.165) is 32.7 Å². The average molecular weight is 250 g/mol. The van der Waals surface area contributed by atoms with E-state index in [0.29, 0.717) is 12.0 Å². The van der Waals surface area contributed by atoms with Crippen LogP contribution in [0.2, 0.25) is 0 Å². The average Bonchev–Trinajstić information content (AvgIpc) is 3.21. The van der Waals surface area contributed by atoms with Crippen LogP contribution < -0.4 is 5.32 Å². The molecule has 102 valence electrons. The van der Waals surface area contributed by atoms with Gasteiger partial charge in [-0.05, 0) is 39.3 Å². The molecule has 0 bridgehead atoms. The zero-order valence-electron chi connectivity index (χ0n) is 11.9. The van der Waals surface area contributed by atoms with Gasteiger partial charge in [0, 0.05) is 32.2 Å². The molecule has 2 aliphatic rings. The van der Waals surface area contributed by atoms with Gasteiger partial charge >= 0.3 is 0 Å².